The summed E-state index contributed by atoms with van der Waals surface area (Å²) in [5.41, 5.74) is 12.6. The lowest BCUT2D eigenvalue weighted by Gasteiger charge is -2.15. The molecule has 2 aliphatic rings. The minimum atomic E-state index is -0.406. The number of nitrogens with two attached hydrogens (primary N) is 1. The molecule has 0 unspecified atom stereocenters. The van der Waals surface area contributed by atoms with Crippen molar-refractivity contribution in [2.75, 3.05) is 0 Å². The second-order valence-electron chi connectivity index (χ2n) is 5.26. The lowest BCUT2D eigenvalue weighted by Crippen LogP contribution is -2.20. The van der Waals surface area contributed by atoms with Gasteiger partial charge in [-0.05, 0) is 49.4 Å². The Bertz CT molecular complexity index is 844. The fraction of sp³-hybridized carbons (Fsp3) is 0.200. The molecule has 1 aliphatic carbocycles. The predicted molar refractivity (Wildman–Crippen MR) is 91.0 cm³/mol. The van der Waals surface area contributed by atoms with Crippen LogP contribution in [0.25, 0.3) is 4.91 Å². The average Bonchev–Trinajstić information content (AvgIpc) is 3.13. The number of thiophene rings is 1. The van der Waals surface area contributed by atoms with E-state index in [0.29, 0.717) is 15.7 Å². The highest BCUT2D eigenvalue weighted by Gasteiger charge is 2.33. The molecule has 23 heavy (non-hydrogen) atoms. The van der Waals surface area contributed by atoms with Crippen LogP contribution in [-0.4, -0.2) is 10.9 Å². The van der Waals surface area contributed by atoms with Gasteiger partial charge in [0.15, 0.2) is 5.06 Å². The SMILES string of the molecule is Cc1ncccc1Oc1sc(C(N)=O)c2c1C1=C(CC2)NNS1. The summed E-state index contributed by atoms with van der Waals surface area (Å²) >= 11 is 2.81. The fourth-order valence-corrected chi connectivity index (χ4v) is 4.75. The highest BCUT2D eigenvalue weighted by atomic mass is 32.2. The molecule has 1 aliphatic heterocycles. The Morgan fingerprint density at radius 1 is 1.43 bits per heavy atom. The molecule has 0 bridgehead atoms. The van der Waals surface area contributed by atoms with Crippen LogP contribution in [0.15, 0.2) is 24.0 Å². The molecule has 118 valence electrons. The number of aryl methyl sites for hydroxylation is 1. The Balaban J connectivity index is 1.85. The van der Waals surface area contributed by atoms with Crippen LogP contribution in [0, 0.1) is 6.92 Å². The van der Waals surface area contributed by atoms with Gasteiger partial charge >= 0.3 is 0 Å². The number of carbonyl (C=O) groups is 1. The zero-order valence-corrected chi connectivity index (χ0v) is 13.9. The van der Waals surface area contributed by atoms with Crippen molar-refractivity contribution in [2.24, 2.45) is 5.73 Å². The minimum Gasteiger partial charge on any atom is -0.444 e. The van der Waals surface area contributed by atoms with Gasteiger partial charge in [-0.1, -0.05) is 11.3 Å². The first-order valence-corrected chi connectivity index (χ1v) is 8.74. The van der Waals surface area contributed by atoms with Crippen molar-refractivity contribution >= 4 is 34.1 Å². The van der Waals surface area contributed by atoms with Gasteiger partial charge in [0.1, 0.15) is 5.75 Å². The number of nitrogens with zero attached hydrogens (tertiary/aromatic N) is 1. The number of allylic oxidation sites excluding steroid dienone is 1. The average molecular weight is 346 g/mol. The topological polar surface area (TPSA) is 89.3 Å². The summed E-state index contributed by atoms with van der Waals surface area (Å²) < 4.78 is 6.09. The molecule has 6 nitrogen and oxygen atoms in total. The van der Waals surface area contributed by atoms with E-state index < -0.39 is 5.91 Å². The lowest BCUT2D eigenvalue weighted by molar-refractivity contribution is 0.100. The maximum Gasteiger partial charge on any atom is 0.259 e. The lowest BCUT2D eigenvalue weighted by atomic mass is 9.96. The fourth-order valence-electron chi connectivity index (χ4n) is 2.74. The van der Waals surface area contributed by atoms with Crippen molar-refractivity contribution < 1.29 is 9.53 Å². The maximum atomic E-state index is 11.8. The summed E-state index contributed by atoms with van der Waals surface area (Å²) in [7, 11) is 0. The van der Waals surface area contributed by atoms with E-state index in [4.69, 9.17) is 10.5 Å². The van der Waals surface area contributed by atoms with Crippen LogP contribution >= 0.6 is 23.3 Å². The Kier molecular flexibility index (Phi) is 3.51. The molecule has 3 heterocycles. The van der Waals surface area contributed by atoms with Crippen LogP contribution in [0.2, 0.25) is 0 Å². The van der Waals surface area contributed by atoms with Crippen molar-refractivity contribution in [3.8, 4) is 10.8 Å². The second kappa shape index (κ2) is 5.55. The molecule has 0 saturated heterocycles. The number of primary amides is 1. The first-order chi connectivity index (χ1) is 11.1. The molecule has 0 atom stereocenters. The van der Waals surface area contributed by atoms with Gasteiger partial charge in [0, 0.05) is 17.5 Å². The first kappa shape index (κ1) is 14.6. The summed E-state index contributed by atoms with van der Waals surface area (Å²) in [5, 5.41) is 0.690. The van der Waals surface area contributed by atoms with Crippen LogP contribution in [-0.2, 0) is 6.42 Å². The molecule has 0 radical (unpaired) electrons. The molecule has 0 fully saturated rings. The Morgan fingerprint density at radius 2 is 2.30 bits per heavy atom. The van der Waals surface area contributed by atoms with Crippen molar-refractivity contribution in [1.29, 1.82) is 0 Å². The van der Waals surface area contributed by atoms with E-state index in [-0.39, 0.29) is 0 Å². The standard InChI is InChI=1S/C15H14N4O2S2/c1-7-10(3-2-6-17-7)21-15-11-8(12(22-15)14(16)20)4-5-9-13(11)23-19-18-9/h2-3,6,18-19H,4-5H2,1H3,(H2,16,20). The third-order valence-corrected chi connectivity index (χ3v) is 5.82. The molecule has 0 aromatic carbocycles. The monoisotopic (exact) mass is 346 g/mol. The molecule has 1 amide bonds. The maximum absolute atomic E-state index is 11.8. The van der Waals surface area contributed by atoms with E-state index in [1.165, 1.54) is 23.3 Å². The molecule has 0 saturated carbocycles. The van der Waals surface area contributed by atoms with E-state index in [1.54, 1.807) is 6.20 Å². The van der Waals surface area contributed by atoms with Gasteiger partial charge in [-0.25, -0.2) is 0 Å². The van der Waals surface area contributed by atoms with Crippen LogP contribution in [0.5, 0.6) is 10.8 Å². The summed E-state index contributed by atoms with van der Waals surface area (Å²) in [6.07, 6.45) is 3.35. The number of ether oxygens (including phenoxy) is 1. The number of nitrogens with one attached hydrogen (secondary N) is 2. The molecule has 4 rings (SSSR count). The largest absolute Gasteiger partial charge is 0.444 e. The number of hydrogen-bond donors (Lipinski definition) is 3. The highest BCUT2D eigenvalue weighted by Crippen LogP contribution is 2.50. The van der Waals surface area contributed by atoms with Gasteiger partial charge in [-0.3, -0.25) is 9.78 Å². The number of hydrazine groups is 1. The van der Waals surface area contributed by atoms with Gasteiger partial charge in [0.25, 0.3) is 5.91 Å². The van der Waals surface area contributed by atoms with E-state index in [2.05, 4.69) is 15.2 Å². The molecular weight excluding hydrogens is 332 g/mol. The summed E-state index contributed by atoms with van der Waals surface area (Å²) in [6, 6.07) is 3.70. The first-order valence-electron chi connectivity index (χ1n) is 7.11. The van der Waals surface area contributed by atoms with E-state index >= 15 is 0 Å². The van der Waals surface area contributed by atoms with Crippen molar-refractivity contribution in [1.82, 2.24) is 15.2 Å². The van der Waals surface area contributed by atoms with E-state index in [0.717, 1.165) is 40.3 Å². The number of hydrogen-bond acceptors (Lipinski definition) is 7. The number of rotatable bonds is 3. The van der Waals surface area contributed by atoms with Gasteiger partial charge < -0.3 is 15.9 Å². The third-order valence-electron chi connectivity index (χ3n) is 3.84. The number of fused-ring (bicyclic) bond motifs is 2. The highest BCUT2D eigenvalue weighted by molar-refractivity contribution is 8.06. The number of aromatic nitrogens is 1. The predicted octanol–water partition coefficient (Wildman–Crippen LogP) is 2.71. The quantitative estimate of drug-likeness (QED) is 0.741. The van der Waals surface area contributed by atoms with Gasteiger partial charge in [0.05, 0.1) is 15.5 Å². The molecule has 2 aromatic rings. The Morgan fingerprint density at radius 3 is 3.09 bits per heavy atom. The molecule has 0 spiro atoms. The van der Waals surface area contributed by atoms with Gasteiger partial charge in [-0.15, -0.1) is 0 Å². The third kappa shape index (κ3) is 2.39. The number of carbonyl (C=O) groups excluding carboxylic acids is 1. The van der Waals surface area contributed by atoms with Crippen LogP contribution in [0.4, 0.5) is 0 Å². The van der Waals surface area contributed by atoms with Crippen LogP contribution in [0.1, 0.15) is 32.9 Å². The van der Waals surface area contributed by atoms with Crippen molar-refractivity contribution in [3.05, 3.63) is 45.7 Å². The normalized spacial score (nSPS) is 15.9. The smallest absolute Gasteiger partial charge is 0.259 e. The van der Waals surface area contributed by atoms with Crippen LogP contribution in [0.3, 0.4) is 0 Å². The van der Waals surface area contributed by atoms with Crippen molar-refractivity contribution in [3.63, 3.8) is 0 Å². The second-order valence-corrected chi connectivity index (χ2v) is 7.06. The van der Waals surface area contributed by atoms with Gasteiger partial charge in [0.2, 0.25) is 0 Å². The zero-order valence-electron chi connectivity index (χ0n) is 12.3. The van der Waals surface area contributed by atoms with Crippen LogP contribution < -0.4 is 20.7 Å². The Labute approximate surface area is 141 Å². The summed E-state index contributed by atoms with van der Waals surface area (Å²) in [5.74, 6) is 0.279. The molecule has 4 N–H and O–H groups in total. The van der Waals surface area contributed by atoms with E-state index in [1.807, 2.05) is 19.1 Å². The van der Waals surface area contributed by atoms with Gasteiger partial charge in [-0.2, -0.15) is 4.83 Å². The minimum absolute atomic E-state index is 0.406. The number of pyridine rings is 1. The molecular formula is C15H14N4O2S2. The zero-order chi connectivity index (χ0) is 16.0. The molecule has 8 heteroatoms. The summed E-state index contributed by atoms with van der Waals surface area (Å²) in [6.45, 7) is 1.89. The number of amides is 1. The van der Waals surface area contributed by atoms with Crippen molar-refractivity contribution in [2.45, 2.75) is 19.8 Å². The Hall–Kier alpha value is -2.03. The summed E-state index contributed by atoms with van der Waals surface area (Å²) in [4.78, 5) is 20.8. The molecule has 2 aromatic heterocycles. The van der Waals surface area contributed by atoms with E-state index in [9.17, 15) is 4.79 Å².